The zero-order valence-corrected chi connectivity index (χ0v) is 10.6. The molecule has 2 heterocycles. The van der Waals surface area contributed by atoms with Crippen molar-refractivity contribution in [3.05, 3.63) is 51.5 Å². The molecule has 1 aliphatic heterocycles. The standard InChI is InChI=1S/C13H13N3OS/c17-13(12-7-15-8-18-12)16-4-9-1-2-10-5-14-6-11(10)3-9/h1-3,7-8,14H,4-6H2,(H,16,17). The lowest BCUT2D eigenvalue weighted by molar-refractivity contribution is 0.0955. The molecule has 0 bridgehead atoms. The molecule has 1 aromatic heterocycles. The number of rotatable bonds is 3. The Morgan fingerprint density at radius 2 is 2.28 bits per heavy atom. The van der Waals surface area contributed by atoms with Crippen molar-refractivity contribution in [3.63, 3.8) is 0 Å². The zero-order chi connectivity index (χ0) is 12.4. The van der Waals surface area contributed by atoms with Gasteiger partial charge in [-0.05, 0) is 16.7 Å². The molecule has 0 saturated heterocycles. The van der Waals surface area contributed by atoms with Crippen molar-refractivity contribution in [2.45, 2.75) is 19.6 Å². The van der Waals surface area contributed by atoms with Gasteiger partial charge >= 0.3 is 0 Å². The highest BCUT2D eigenvalue weighted by molar-refractivity contribution is 7.11. The predicted octanol–water partition coefficient (Wildman–Crippen LogP) is 1.68. The first-order chi connectivity index (χ1) is 8.83. The second-order valence-electron chi connectivity index (χ2n) is 4.25. The summed E-state index contributed by atoms with van der Waals surface area (Å²) in [7, 11) is 0. The summed E-state index contributed by atoms with van der Waals surface area (Å²) in [5.41, 5.74) is 5.48. The minimum atomic E-state index is -0.0591. The van der Waals surface area contributed by atoms with Gasteiger partial charge in [-0.15, -0.1) is 11.3 Å². The monoisotopic (exact) mass is 259 g/mol. The molecule has 0 atom stereocenters. The lowest BCUT2D eigenvalue weighted by Crippen LogP contribution is -2.21. The van der Waals surface area contributed by atoms with E-state index in [4.69, 9.17) is 0 Å². The quantitative estimate of drug-likeness (QED) is 0.881. The Morgan fingerprint density at radius 1 is 1.39 bits per heavy atom. The van der Waals surface area contributed by atoms with Crippen LogP contribution in [0, 0.1) is 0 Å². The second-order valence-corrected chi connectivity index (χ2v) is 5.14. The van der Waals surface area contributed by atoms with E-state index >= 15 is 0 Å². The first kappa shape index (κ1) is 11.4. The smallest absolute Gasteiger partial charge is 0.263 e. The summed E-state index contributed by atoms with van der Waals surface area (Å²) in [4.78, 5) is 16.3. The molecule has 0 radical (unpaired) electrons. The summed E-state index contributed by atoms with van der Waals surface area (Å²) in [6.45, 7) is 2.43. The number of nitrogens with zero attached hydrogens (tertiary/aromatic N) is 1. The maximum atomic E-state index is 11.8. The number of hydrogen-bond acceptors (Lipinski definition) is 4. The third-order valence-electron chi connectivity index (χ3n) is 3.01. The van der Waals surface area contributed by atoms with Gasteiger partial charge in [0.25, 0.3) is 5.91 Å². The molecule has 92 valence electrons. The highest BCUT2D eigenvalue weighted by atomic mass is 32.1. The van der Waals surface area contributed by atoms with Crippen molar-refractivity contribution in [2.75, 3.05) is 0 Å². The maximum absolute atomic E-state index is 11.8. The Morgan fingerprint density at radius 3 is 3.11 bits per heavy atom. The van der Waals surface area contributed by atoms with Crippen molar-refractivity contribution in [3.8, 4) is 0 Å². The van der Waals surface area contributed by atoms with E-state index in [1.54, 1.807) is 11.7 Å². The van der Waals surface area contributed by atoms with Crippen LogP contribution in [0.15, 0.2) is 29.9 Å². The largest absolute Gasteiger partial charge is 0.347 e. The highest BCUT2D eigenvalue weighted by Gasteiger charge is 2.11. The molecule has 2 aromatic rings. The topological polar surface area (TPSA) is 54.0 Å². The van der Waals surface area contributed by atoms with Gasteiger partial charge in [-0.1, -0.05) is 18.2 Å². The number of amides is 1. The van der Waals surface area contributed by atoms with Gasteiger partial charge in [0.1, 0.15) is 4.88 Å². The maximum Gasteiger partial charge on any atom is 0.263 e. The van der Waals surface area contributed by atoms with Crippen LogP contribution in [-0.2, 0) is 19.6 Å². The molecule has 5 heteroatoms. The number of thiazole rings is 1. The molecule has 2 N–H and O–H groups in total. The molecule has 0 spiro atoms. The summed E-state index contributed by atoms with van der Waals surface area (Å²) in [5, 5.41) is 6.21. The molecule has 1 aromatic carbocycles. The van der Waals surface area contributed by atoms with Gasteiger partial charge in [0.15, 0.2) is 0 Å². The van der Waals surface area contributed by atoms with Crippen molar-refractivity contribution >= 4 is 17.2 Å². The van der Waals surface area contributed by atoms with Gasteiger partial charge in [0.2, 0.25) is 0 Å². The average Bonchev–Trinajstić information content (AvgIpc) is 3.05. The summed E-state index contributed by atoms with van der Waals surface area (Å²) >= 11 is 1.35. The van der Waals surface area contributed by atoms with E-state index in [9.17, 15) is 4.79 Å². The van der Waals surface area contributed by atoms with E-state index in [2.05, 4.69) is 33.8 Å². The van der Waals surface area contributed by atoms with Gasteiger partial charge in [-0.3, -0.25) is 9.78 Å². The van der Waals surface area contributed by atoms with Crippen molar-refractivity contribution in [1.29, 1.82) is 0 Å². The van der Waals surface area contributed by atoms with Crippen LogP contribution in [0.2, 0.25) is 0 Å². The Hall–Kier alpha value is -1.72. The molecule has 0 aliphatic carbocycles. The SMILES string of the molecule is O=C(NCc1ccc2c(c1)CNC2)c1cncs1. The molecule has 1 aliphatic rings. The lowest BCUT2D eigenvalue weighted by atomic mass is 10.1. The molecule has 0 saturated carbocycles. The van der Waals surface area contributed by atoms with Gasteiger partial charge in [-0.2, -0.15) is 0 Å². The number of benzene rings is 1. The second kappa shape index (κ2) is 4.88. The molecular formula is C13H13N3OS. The van der Waals surface area contributed by atoms with Crippen molar-refractivity contribution in [1.82, 2.24) is 15.6 Å². The van der Waals surface area contributed by atoms with Crippen molar-refractivity contribution in [2.24, 2.45) is 0 Å². The lowest BCUT2D eigenvalue weighted by Gasteiger charge is -2.05. The van der Waals surface area contributed by atoms with Crippen LogP contribution >= 0.6 is 11.3 Å². The minimum Gasteiger partial charge on any atom is -0.347 e. The molecule has 3 rings (SSSR count). The fourth-order valence-electron chi connectivity index (χ4n) is 2.06. The number of carbonyl (C=O) groups excluding carboxylic acids is 1. The Labute approximate surface area is 109 Å². The summed E-state index contributed by atoms with van der Waals surface area (Å²) in [6, 6.07) is 6.35. The van der Waals surface area contributed by atoms with Gasteiger partial charge in [0, 0.05) is 19.6 Å². The van der Waals surface area contributed by atoms with Crippen LogP contribution in [-0.4, -0.2) is 10.9 Å². The average molecular weight is 259 g/mol. The first-order valence-corrected chi connectivity index (χ1v) is 6.69. The minimum absolute atomic E-state index is 0.0591. The molecule has 4 nitrogen and oxygen atoms in total. The van der Waals surface area contributed by atoms with Crippen LogP contribution in [0.5, 0.6) is 0 Å². The summed E-state index contributed by atoms with van der Waals surface area (Å²) in [6.07, 6.45) is 1.59. The summed E-state index contributed by atoms with van der Waals surface area (Å²) < 4.78 is 0. The molecule has 0 unspecified atom stereocenters. The molecule has 0 fully saturated rings. The Balaban J connectivity index is 1.65. The van der Waals surface area contributed by atoms with E-state index in [-0.39, 0.29) is 5.91 Å². The van der Waals surface area contributed by atoms with Crippen LogP contribution in [0.1, 0.15) is 26.4 Å². The number of nitrogens with one attached hydrogen (secondary N) is 2. The van der Waals surface area contributed by atoms with Gasteiger partial charge in [0.05, 0.1) is 11.7 Å². The number of aromatic nitrogens is 1. The third kappa shape index (κ3) is 2.27. The van der Waals surface area contributed by atoms with E-state index in [0.29, 0.717) is 11.4 Å². The van der Waals surface area contributed by atoms with E-state index < -0.39 is 0 Å². The zero-order valence-electron chi connectivity index (χ0n) is 9.77. The molecule has 1 amide bonds. The number of fused-ring (bicyclic) bond motifs is 1. The normalized spacial score (nSPS) is 13.3. The van der Waals surface area contributed by atoms with E-state index in [1.165, 1.54) is 22.5 Å². The van der Waals surface area contributed by atoms with Crippen LogP contribution in [0.4, 0.5) is 0 Å². The van der Waals surface area contributed by atoms with Gasteiger partial charge in [-0.25, -0.2) is 0 Å². The third-order valence-corrected chi connectivity index (χ3v) is 3.78. The fraction of sp³-hybridized carbons (Fsp3) is 0.231. The van der Waals surface area contributed by atoms with Crippen LogP contribution in [0.25, 0.3) is 0 Å². The first-order valence-electron chi connectivity index (χ1n) is 5.81. The van der Waals surface area contributed by atoms with E-state index in [0.717, 1.165) is 18.7 Å². The Kier molecular flexibility index (Phi) is 3.08. The number of carbonyl (C=O) groups is 1. The van der Waals surface area contributed by atoms with Gasteiger partial charge < -0.3 is 10.6 Å². The Bertz CT molecular complexity index is 566. The van der Waals surface area contributed by atoms with E-state index in [1.807, 2.05) is 0 Å². The highest BCUT2D eigenvalue weighted by Crippen LogP contribution is 2.17. The summed E-state index contributed by atoms with van der Waals surface area (Å²) in [5.74, 6) is -0.0591. The molecular weight excluding hydrogens is 246 g/mol. The van der Waals surface area contributed by atoms with Crippen LogP contribution in [0.3, 0.4) is 0 Å². The fourth-order valence-corrected chi connectivity index (χ4v) is 2.59. The predicted molar refractivity (Wildman–Crippen MR) is 70.3 cm³/mol. The van der Waals surface area contributed by atoms with Crippen LogP contribution < -0.4 is 10.6 Å². The van der Waals surface area contributed by atoms with Crippen molar-refractivity contribution < 1.29 is 4.79 Å². The molecule has 18 heavy (non-hydrogen) atoms. The number of hydrogen-bond donors (Lipinski definition) is 2.